The molecule has 0 aromatic heterocycles. The first-order valence-electron chi connectivity index (χ1n) is 8.44. The summed E-state index contributed by atoms with van der Waals surface area (Å²) in [5, 5.41) is 6.18. The number of nitrogens with one attached hydrogen (secondary N) is 2. The largest absolute Gasteiger partial charge is 0.381 e. The smallest absolute Gasteiger partial charge is 0.221 e. The molecule has 24 heavy (non-hydrogen) atoms. The molecule has 1 unspecified atom stereocenters. The molecule has 2 N–H and O–H groups in total. The van der Waals surface area contributed by atoms with Crippen LogP contribution in [0.5, 0.6) is 0 Å². The van der Waals surface area contributed by atoms with E-state index in [0.29, 0.717) is 5.92 Å². The molecule has 1 aromatic rings. The zero-order chi connectivity index (χ0) is 17.4. The number of carbonyl (C=O) groups is 1. The van der Waals surface area contributed by atoms with Crippen molar-refractivity contribution in [3.8, 4) is 0 Å². The van der Waals surface area contributed by atoms with Crippen molar-refractivity contribution in [1.82, 2.24) is 10.2 Å². The molecule has 0 radical (unpaired) electrons. The van der Waals surface area contributed by atoms with Gasteiger partial charge in [0.05, 0.1) is 6.61 Å². The van der Waals surface area contributed by atoms with Crippen LogP contribution in [-0.4, -0.2) is 57.2 Å². The summed E-state index contributed by atoms with van der Waals surface area (Å²) in [7, 11) is 3.88. The number of aliphatic imine (C=N–C) groups is 1. The lowest BCUT2D eigenvalue weighted by Gasteiger charge is -2.24. The van der Waals surface area contributed by atoms with Gasteiger partial charge in [0.1, 0.15) is 0 Å². The van der Waals surface area contributed by atoms with Gasteiger partial charge in [-0.1, -0.05) is 12.1 Å². The Bertz CT molecular complexity index is 551. The van der Waals surface area contributed by atoms with Crippen molar-refractivity contribution in [3.63, 3.8) is 0 Å². The number of guanidine groups is 1. The lowest BCUT2D eigenvalue weighted by atomic mass is 10.1. The third-order valence-corrected chi connectivity index (χ3v) is 4.10. The zero-order valence-electron chi connectivity index (χ0n) is 14.8. The minimum atomic E-state index is -0.0519. The van der Waals surface area contributed by atoms with E-state index in [1.807, 2.05) is 31.3 Å². The number of benzene rings is 1. The summed E-state index contributed by atoms with van der Waals surface area (Å²) in [4.78, 5) is 17.5. The fraction of sp³-hybridized carbons (Fsp3) is 0.556. The van der Waals surface area contributed by atoms with Crippen molar-refractivity contribution in [1.29, 1.82) is 0 Å². The molecule has 1 amide bonds. The van der Waals surface area contributed by atoms with Gasteiger partial charge in [-0.3, -0.25) is 9.79 Å². The second kappa shape index (κ2) is 9.27. The molecule has 1 fully saturated rings. The maximum Gasteiger partial charge on any atom is 0.221 e. The predicted octanol–water partition coefficient (Wildman–Crippen LogP) is 1.73. The number of hydrogen-bond acceptors (Lipinski definition) is 3. The highest BCUT2D eigenvalue weighted by Gasteiger charge is 2.18. The van der Waals surface area contributed by atoms with Crippen molar-refractivity contribution in [2.24, 2.45) is 10.9 Å². The molecule has 1 heterocycles. The number of amides is 1. The quantitative estimate of drug-likeness (QED) is 0.615. The van der Waals surface area contributed by atoms with Crippen LogP contribution in [0.1, 0.15) is 18.9 Å². The second-order valence-corrected chi connectivity index (χ2v) is 6.21. The normalized spacial score (nSPS) is 17.6. The Morgan fingerprint density at radius 3 is 2.71 bits per heavy atom. The van der Waals surface area contributed by atoms with Crippen LogP contribution >= 0.6 is 0 Å². The highest BCUT2D eigenvalue weighted by molar-refractivity contribution is 5.88. The van der Waals surface area contributed by atoms with Crippen LogP contribution in [0.4, 0.5) is 5.69 Å². The number of hydrogen-bond donors (Lipinski definition) is 2. The standard InChI is InChI=1S/C18H28N4O2/c1-14(23)21-17-6-4-15(5-7-17)8-10-20-18(19-2)22(3)12-16-9-11-24-13-16/h4-7,16H,8-13H2,1-3H3,(H,19,20)(H,21,23). The zero-order valence-corrected chi connectivity index (χ0v) is 14.8. The number of nitrogens with zero attached hydrogens (tertiary/aromatic N) is 2. The number of ether oxygens (including phenoxy) is 1. The molecule has 1 aromatic carbocycles. The average molecular weight is 332 g/mol. The van der Waals surface area contributed by atoms with Gasteiger partial charge in [-0.2, -0.15) is 0 Å². The molecule has 0 bridgehead atoms. The Labute approximate surface area is 144 Å². The van der Waals surface area contributed by atoms with Crippen LogP contribution < -0.4 is 10.6 Å². The van der Waals surface area contributed by atoms with Gasteiger partial charge in [0.25, 0.3) is 0 Å². The highest BCUT2D eigenvalue weighted by Crippen LogP contribution is 2.13. The number of rotatable bonds is 6. The monoisotopic (exact) mass is 332 g/mol. The lowest BCUT2D eigenvalue weighted by molar-refractivity contribution is -0.114. The van der Waals surface area contributed by atoms with Crippen LogP contribution in [0.2, 0.25) is 0 Å². The van der Waals surface area contributed by atoms with Gasteiger partial charge < -0.3 is 20.3 Å². The van der Waals surface area contributed by atoms with Gasteiger partial charge in [0.15, 0.2) is 5.96 Å². The van der Waals surface area contributed by atoms with Gasteiger partial charge in [-0.15, -0.1) is 0 Å². The van der Waals surface area contributed by atoms with Crippen LogP contribution in [-0.2, 0) is 16.0 Å². The van der Waals surface area contributed by atoms with Gasteiger partial charge in [-0.05, 0) is 30.5 Å². The van der Waals surface area contributed by atoms with E-state index in [1.165, 1.54) is 12.5 Å². The summed E-state index contributed by atoms with van der Waals surface area (Å²) >= 11 is 0. The van der Waals surface area contributed by atoms with E-state index in [1.54, 1.807) is 0 Å². The first-order chi connectivity index (χ1) is 11.6. The van der Waals surface area contributed by atoms with Crippen molar-refractivity contribution in [2.45, 2.75) is 19.8 Å². The van der Waals surface area contributed by atoms with Gasteiger partial charge in [0, 0.05) is 52.3 Å². The van der Waals surface area contributed by atoms with Crippen LogP contribution in [0.3, 0.4) is 0 Å². The average Bonchev–Trinajstić information content (AvgIpc) is 3.05. The van der Waals surface area contributed by atoms with Gasteiger partial charge >= 0.3 is 0 Å². The predicted molar refractivity (Wildman–Crippen MR) is 97.4 cm³/mol. The molecular formula is C18H28N4O2. The molecule has 132 valence electrons. The van der Waals surface area contributed by atoms with E-state index in [2.05, 4.69) is 27.6 Å². The Balaban J connectivity index is 1.75. The summed E-state index contributed by atoms with van der Waals surface area (Å²) in [6, 6.07) is 7.93. The molecule has 6 nitrogen and oxygen atoms in total. The molecule has 0 aliphatic carbocycles. The van der Waals surface area contributed by atoms with Crippen LogP contribution in [0.25, 0.3) is 0 Å². The fourth-order valence-electron chi connectivity index (χ4n) is 2.86. The molecule has 1 atom stereocenters. The van der Waals surface area contributed by atoms with Crippen LogP contribution in [0.15, 0.2) is 29.3 Å². The van der Waals surface area contributed by atoms with E-state index in [9.17, 15) is 4.79 Å². The lowest BCUT2D eigenvalue weighted by Crippen LogP contribution is -2.42. The molecule has 0 saturated carbocycles. The van der Waals surface area contributed by atoms with E-state index < -0.39 is 0 Å². The van der Waals surface area contributed by atoms with E-state index in [4.69, 9.17) is 4.74 Å². The summed E-state index contributed by atoms with van der Waals surface area (Å²) in [5.74, 6) is 1.45. The van der Waals surface area contributed by atoms with Crippen LogP contribution in [0, 0.1) is 5.92 Å². The van der Waals surface area contributed by atoms with Crippen molar-refractivity contribution < 1.29 is 9.53 Å². The van der Waals surface area contributed by atoms with Crippen molar-refractivity contribution in [2.75, 3.05) is 45.7 Å². The van der Waals surface area contributed by atoms with Gasteiger partial charge in [0.2, 0.25) is 5.91 Å². The Morgan fingerprint density at radius 2 is 2.12 bits per heavy atom. The molecular weight excluding hydrogens is 304 g/mol. The SMILES string of the molecule is CN=C(NCCc1ccc(NC(C)=O)cc1)N(C)CC1CCOC1. The Kier molecular flexibility index (Phi) is 7.06. The maximum absolute atomic E-state index is 11.0. The molecule has 1 saturated heterocycles. The minimum Gasteiger partial charge on any atom is -0.381 e. The summed E-state index contributed by atoms with van der Waals surface area (Å²) < 4.78 is 5.43. The number of carbonyl (C=O) groups excluding carboxylic acids is 1. The Hall–Kier alpha value is -2.08. The first kappa shape index (κ1) is 18.3. The first-order valence-corrected chi connectivity index (χ1v) is 8.44. The summed E-state index contributed by atoms with van der Waals surface area (Å²) in [5.41, 5.74) is 2.05. The van der Waals surface area contributed by atoms with E-state index in [-0.39, 0.29) is 5.91 Å². The topological polar surface area (TPSA) is 66.0 Å². The molecule has 0 spiro atoms. The summed E-state index contributed by atoms with van der Waals surface area (Å²) in [6.45, 7) is 5.02. The van der Waals surface area contributed by atoms with E-state index in [0.717, 1.165) is 50.8 Å². The molecule has 2 rings (SSSR count). The van der Waals surface area contributed by atoms with Crippen molar-refractivity contribution in [3.05, 3.63) is 29.8 Å². The highest BCUT2D eigenvalue weighted by atomic mass is 16.5. The third-order valence-electron chi connectivity index (χ3n) is 4.10. The second-order valence-electron chi connectivity index (χ2n) is 6.21. The van der Waals surface area contributed by atoms with Gasteiger partial charge in [-0.25, -0.2) is 0 Å². The minimum absolute atomic E-state index is 0.0519. The Morgan fingerprint density at radius 1 is 1.38 bits per heavy atom. The fourth-order valence-corrected chi connectivity index (χ4v) is 2.86. The number of anilines is 1. The molecule has 1 aliphatic rings. The maximum atomic E-state index is 11.0. The van der Waals surface area contributed by atoms with E-state index >= 15 is 0 Å². The molecule has 6 heteroatoms. The summed E-state index contributed by atoms with van der Waals surface area (Å²) in [6.07, 6.45) is 2.03. The third kappa shape index (κ3) is 5.85. The van der Waals surface area contributed by atoms with Crippen molar-refractivity contribution >= 4 is 17.6 Å². The molecule has 1 aliphatic heterocycles.